The summed E-state index contributed by atoms with van der Waals surface area (Å²) in [5, 5.41) is 6.50. The number of hydrogen-bond donors (Lipinski definition) is 2. The third kappa shape index (κ3) is 6.74. The minimum atomic E-state index is -0.133. The Labute approximate surface area is 208 Å². The van der Waals surface area contributed by atoms with E-state index in [1.807, 2.05) is 84.4 Å². The van der Waals surface area contributed by atoms with E-state index in [1.165, 1.54) is 11.8 Å². The fourth-order valence-corrected chi connectivity index (χ4v) is 4.15. The van der Waals surface area contributed by atoms with E-state index in [1.54, 1.807) is 18.3 Å². The molecule has 0 bridgehead atoms. The summed E-state index contributed by atoms with van der Waals surface area (Å²) < 4.78 is 7.31. The summed E-state index contributed by atoms with van der Waals surface area (Å²) in [6.45, 7) is 3.00. The van der Waals surface area contributed by atoms with Gasteiger partial charge in [0, 0.05) is 35.9 Å². The first-order valence-electron chi connectivity index (χ1n) is 11.2. The molecule has 4 aromatic rings. The molecule has 0 fully saturated rings. The van der Waals surface area contributed by atoms with Crippen molar-refractivity contribution in [3.05, 3.63) is 102 Å². The van der Waals surface area contributed by atoms with Crippen molar-refractivity contribution in [2.45, 2.75) is 18.6 Å². The van der Waals surface area contributed by atoms with Crippen molar-refractivity contribution in [1.82, 2.24) is 14.9 Å². The number of imidazole rings is 1. The average molecular weight is 487 g/mol. The maximum Gasteiger partial charge on any atom is 0.251 e. The topological polar surface area (TPSA) is 85.2 Å². The lowest BCUT2D eigenvalue weighted by Crippen LogP contribution is -2.22. The monoisotopic (exact) mass is 486 g/mol. The molecule has 0 unspecified atom stereocenters. The van der Waals surface area contributed by atoms with Gasteiger partial charge in [0.05, 0.1) is 12.4 Å². The molecular weight excluding hydrogens is 460 g/mol. The molecule has 0 spiro atoms. The maximum absolute atomic E-state index is 12.5. The van der Waals surface area contributed by atoms with Gasteiger partial charge in [-0.15, -0.1) is 0 Å². The van der Waals surface area contributed by atoms with Crippen LogP contribution < -0.4 is 15.4 Å². The average Bonchev–Trinajstić information content (AvgIpc) is 3.37. The van der Waals surface area contributed by atoms with Crippen molar-refractivity contribution >= 4 is 29.3 Å². The van der Waals surface area contributed by atoms with E-state index in [-0.39, 0.29) is 17.6 Å². The Kier molecular flexibility index (Phi) is 8.19. The van der Waals surface area contributed by atoms with E-state index in [0.29, 0.717) is 29.6 Å². The highest BCUT2D eigenvalue weighted by Crippen LogP contribution is 2.22. The number of hydrogen-bond acceptors (Lipinski definition) is 5. The number of benzene rings is 3. The summed E-state index contributed by atoms with van der Waals surface area (Å²) in [6.07, 6.45) is 3.52. The highest BCUT2D eigenvalue weighted by atomic mass is 32.2. The van der Waals surface area contributed by atoms with Crippen LogP contribution in [0.25, 0.3) is 5.69 Å². The Bertz CT molecular complexity index is 1260. The Morgan fingerprint density at radius 1 is 0.971 bits per heavy atom. The van der Waals surface area contributed by atoms with E-state index >= 15 is 0 Å². The SMILES string of the molecule is CCOc1ccc(NC(=O)CSc2nccn2-c2ccc(C(=O)NCc3ccccc3)cc2)cc1. The molecule has 0 saturated heterocycles. The quantitative estimate of drug-likeness (QED) is 0.311. The lowest BCUT2D eigenvalue weighted by atomic mass is 10.1. The second-order valence-corrected chi connectivity index (χ2v) is 8.53. The first-order chi connectivity index (χ1) is 17.1. The summed E-state index contributed by atoms with van der Waals surface area (Å²) in [5.74, 6) is 0.719. The van der Waals surface area contributed by atoms with Gasteiger partial charge in [0.15, 0.2) is 5.16 Å². The number of ether oxygens (including phenoxy) is 1. The van der Waals surface area contributed by atoms with Crippen LogP contribution in [0.1, 0.15) is 22.8 Å². The first kappa shape index (κ1) is 24.1. The molecular formula is C27H26N4O3S. The van der Waals surface area contributed by atoms with E-state index in [9.17, 15) is 9.59 Å². The van der Waals surface area contributed by atoms with E-state index in [0.717, 1.165) is 17.0 Å². The van der Waals surface area contributed by atoms with Gasteiger partial charge < -0.3 is 15.4 Å². The third-order valence-electron chi connectivity index (χ3n) is 5.09. The Morgan fingerprint density at radius 3 is 2.43 bits per heavy atom. The van der Waals surface area contributed by atoms with Crippen molar-refractivity contribution in [1.29, 1.82) is 0 Å². The van der Waals surface area contributed by atoms with Crippen LogP contribution in [-0.4, -0.2) is 33.7 Å². The summed E-state index contributed by atoms with van der Waals surface area (Å²) >= 11 is 1.34. The maximum atomic E-state index is 12.5. The predicted molar refractivity (Wildman–Crippen MR) is 138 cm³/mol. The van der Waals surface area contributed by atoms with Crippen LogP contribution in [0.15, 0.2) is 96.4 Å². The molecule has 0 saturated carbocycles. The normalized spacial score (nSPS) is 10.5. The molecule has 2 N–H and O–H groups in total. The third-order valence-corrected chi connectivity index (χ3v) is 6.06. The second kappa shape index (κ2) is 11.9. The molecule has 8 heteroatoms. The molecule has 3 aromatic carbocycles. The van der Waals surface area contributed by atoms with Gasteiger partial charge in [-0.25, -0.2) is 4.98 Å². The van der Waals surface area contributed by atoms with Crippen LogP contribution in [0, 0.1) is 0 Å². The van der Waals surface area contributed by atoms with Gasteiger partial charge in [-0.05, 0) is 61.0 Å². The van der Waals surface area contributed by atoms with E-state index < -0.39 is 0 Å². The molecule has 0 aliphatic rings. The lowest BCUT2D eigenvalue weighted by molar-refractivity contribution is -0.113. The second-order valence-electron chi connectivity index (χ2n) is 7.59. The summed E-state index contributed by atoms with van der Waals surface area (Å²) in [7, 11) is 0. The molecule has 0 aliphatic carbocycles. The molecule has 2 amide bonds. The number of anilines is 1. The summed E-state index contributed by atoms with van der Waals surface area (Å²) in [6, 6.07) is 24.3. The van der Waals surface area contributed by atoms with Crippen LogP contribution in [0.3, 0.4) is 0 Å². The van der Waals surface area contributed by atoms with Gasteiger partial charge in [0.1, 0.15) is 5.75 Å². The van der Waals surface area contributed by atoms with Crippen molar-refractivity contribution in [3.63, 3.8) is 0 Å². The van der Waals surface area contributed by atoms with Crippen LogP contribution in [0.4, 0.5) is 5.69 Å². The highest BCUT2D eigenvalue weighted by molar-refractivity contribution is 7.99. The number of aromatic nitrogens is 2. The zero-order valence-corrected chi connectivity index (χ0v) is 20.1. The number of carbonyl (C=O) groups is 2. The molecule has 4 rings (SSSR count). The Morgan fingerprint density at radius 2 is 1.71 bits per heavy atom. The van der Waals surface area contributed by atoms with Crippen molar-refractivity contribution in [2.75, 3.05) is 17.7 Å². The summed E-state index contributed by atoms with van der Waals surface area (Å²) in [5.41, 5.74) is 3.19. The standard InChI is InChI=1S/C27H26N4O3S/c1-2-34-24-14-10-22(11-15-24)30-25(32)19-35-27-28-16-17-31(27)23-12-8-21(9-13-23)26(33)29-18-20-6-4-3-5-7-20/h3-17H,2,18-19H2,1H3,(H,29,33)(H,30,32). The van der Waals surface area contributed by atoms with Crippen molar-refractivity contribution < 1.29 is 14.3 Å². The molecule has 35 heavy (non-hydrogen) atoms. The minimum Gasteiger partial charge on any atom is -0.494 e. The van der Waals surface area contributed by atoms with Gasteiger partial charge in [0.25, 0.3) is 5.91 Å². The number of rotatable bonds is 10. The largest absolute Gasteiger partial charge is 0.494 e. The molecule has 7 nitrogen and oxygen atoms in total. The molecule has 1 heterocycles. The molecule has 0 atom stereocenters. The first-order valence-corrected chi connectivity index (χ1v) is 12.2. The fourth-order valence-electron chi connectivity index (χ4n) is 3.38. The van der Waals surface area contributed by atoms with Crippen molar-refractivity contribution in [3.8, 4) is 11.4 Å². The number of nitrogens with zero attached hydrogens (tertiary/aromatic N) is 2. The van der Waals surface area contributed by atoms with Crippen LogP contribution >= 0.6 is 11.8 Å². The number of nitrogens with one attached hydrogen (secondary N) is 2. The Balaban J connectivity index is 1.31. The van der Waals surface area contributed by atoms with Gasteiger partial charge >= 0.3 is 0 Å². The van der Waals surface area contributed by atoms with Gasteiger partial charge in [-0.1, -0.05) is 42.1 Å². The highest BCUT2D eigenvalue weighted by Gasteiger charge is 2.11. The zero-order valence-electron chi connectivity index (χ0n) is 19.3. The van der Waals surface area contributed by atoms with E-state index in [2.05, 4.69) is 15.6 Å². The Hall–Kier alpha value is -4.04. The fraction of sp³-hybridized carbons (Fsp3) is 0.148. The minimum absolute atomic E-state index is 0.126. The number of thioether (sulfide) groups is 1. The smallest absolute Gasteiger partial charge is 0.251 e. The van der Waals surface area contributed by atoms with E-state index in [4.69, 9.17) is 4.74 Å². The number of carbonyl (C=O) groups excluding carboxylic acids is 2. The molecule has 178 valence electrons. The van der Waals surface area contributed by atoms with Crippen molar-refractivity contribution in [2.24, 2.45) is 0 Å². The van der Waals surface area contributed by atoms with Crippen LogP contribution in [-0.2, 0) is 11.3 Å². The number of amides is 2. The lowest BCUT2D eigenvalue weighted by Gasteiger charge is -2.10. The van der Waals surface area contributed by atoms with Gasteiger partial charge in [-0.2, -0.15) is 0 Å². The molecule has 1 aromatic heterocycles. The van der Waals surface area contributed by atoms with Gasteiger partial charge in [0.2, 0.25) is 5.91 Å². The van der Waals surface area contributed by atoms with Crippen LogP contribution in [0.2, 0.25) is 0 Å². The summed E-state index contributed by atoms with van der Waals surface area (Å²) in [4.78, 5) is 29.3. The predicted octanol–water partition coefficient (Wildman–Crippen LogP) is 4.93. The zero-order chi connectivity index (χ0) is 24.5. The van der Waals surface area contributed by atoms with Gasteiger partial charge in [-0.3, -0.25) is 14.2 Å². The molecule has 0 radical (unpaired) electrons. The molecule has 0 aliphatic heterocycles. The van der Waals surface area contributed by atoms with Crippen LogP contribution in [0.5, 0.6) is 5.75 Å².